The van der Waals surface area contributed by atoms with Crippen LogP contribution >= 0.6 is 0 Å². The molecule has 1 aromatic rings. The molecule has 4 heterocycles. The van der Waals surface area contributed by atoms with Gasteiger partial charge in [0.05, 0.1) is 49.1 Å². The van der Waals surface area contributed by atoms with Gasteiger partial charge in [-0.3, -0.25) is 9.59 Å². The van der Waals surface area contributed by atoms with Crippen LogP contribution in [0.3, 0.4) is 0 Å². The summed E-state index contributed by atoms with van der Waals surface area (Å²) in [5, 5.41) is 18.8. The van der Waals surface area contributed by atoms with Gasteiger partial charge in [-0.25, -0.2) is 4.79 Å². The Labute approximate surface area is 331 Å². The Balaban J connectivity index is 1.57. The average molecular weight is 784 g/mol. The SMILES string of the molecule is CC[C@H]1OC(=O)[C@H](C)[C@H]2OC/C(=N\OCC#Cc3ccccc3)CO[C@](C)(C[C@@H](C)C(=O)[C@H](C)[C@H]3NC(=O)O[C@@]31C)[C@H](O[C@@H]1O[C@H](C)C[C@H](N(C)C)[C@H]1O)[C@H]2C. The smallest absolute Gasteiger partial charge is 0.408 e. The summed E-state index contributed by atoms with van der Waals surface area (Å²) in [6.45, 7) is 14.4. The van der Waals surface area contributed by atoms with Gasteiger partial charge >= 0.3 is 12.1 Å². The van der Waals surface area contributed by atoms with Gasteiger partial charge in [-0.2, -0.15) is 0 Å². The average Bonchev–Trinajstić information content (AvgIpc) is 3.49. The molecule has 1 amide bonds. The highest BCUT2D eigenvalue weighted by molar-refractivity contribution is 5.87. The molecular formula is C42H61N3O11. The van der Waals surface area contributed by atoms with Gasteiger partial charge < -0.3 is 48.6 Å². The molecule has 0 saturated carbocycles. The Kier molecular flexibility index (Phi) is 14.3. The minimum absolute atomic E-state index is 0.00641. The number of carbonyl (C=O) groups excluding carboxylic acids is 3. The van der Waals surface area contributed by atoms with E-state index in [4.69, 9.17) is 33.3 Å². The number of amides is 1. The van der Waals surface area contributed by atoms with Crippen molar-refractivity contribution in [3.63, 3.8) is 0 Å². The van der Waals surface area contributed by atoms with Crippen molar-refractivity contribution in [2.45, 2.75) is 135 Å². The van der Waals surface area contributed by atoms with Gasteiger partial charge in [-0.1, -0.05) is 62.9 Å². The van der Waals surface area contributed by atoms with Crippen molar-refractivity contribution in [2.75, 3.05) is 33.9 Å². The van der Waals surface area contributed by atoms with Crippen LogP contribution in [0.5, 0.6) is 0 Å². The molecule has 4 aliphatic heterocycles. The van der Waals surface area contributed by atoms with Crippen LogP contribution in [0.15, 0.2) is 35.5 Å². The zero-order chi connectivity index (χ0) is 40.9. The molecule has 0 aromatic heterocycles. The fraction of sp³-hybridized carbons (Fsp3) is 0.714. The molecule has 14 heteroatoms. The van der Waals surface area contributed by atoms with Crippen molar-refractivity contribution in [1.82, 2.24) is 10.2 Å². The number of fused-ring (bicyclic) bond motifs is 4. The monoisotopic (exact) mass is 783 g/mol. The Morgan fingerprint density at radius 3 is 2.43 bits per heavy atom. The molecule has 0 aliphatic carbocycles. The van der Waals surface area contributed by atoms with E-state index in [1.807, 2.05) is 83.9 Å². The number of benzene rings is 1. The number of ether oxygens (including phenoxy) is 6. The van der Waals surface area contributed by atoms with Gasteiger partial charge in [0.15, 0.2) is 18.5 Å². The number of aliphatic hydroxyl groups excluding tert-OH is 1. The molecule has 1 aromatic carbocycles. The van der Waals surface area contributed by atoms with Gasteiger partial charge in [-0.05, 0) is 73.2 Å². The number of aliphatic hydroxyl groups is 1. The van der Waals surface area contributed by atoms with E-state index in [1.165, 1.54) is 0 Å². The Bertz CT molecular complexity index is 1630. The van der Waals surface area contributed by atoms with Crippen molar-refractivity contribution in [1.29, 1.82) is 0 Å². The zero-order valence-electron chi connectivity index (χ0n) is 34.5. The second-order valence-electron chi connectivity index (χ2n) is 16.6. The highest BCUT2D eigenvalue weighted by Crippen LogP contribution is 2.42. The first-order valence-corrected chi connectivity index (χ1v) is 19.8. The van der Waals surface area contributed by atoms with Crippen LogP contribution in [0.25, 0.3) is 0 Å². The largest absolute Gasteiger partial charge is 0.458 e. The van der Waals surface area contributed by atoms with E-state index in [2.05, 4.69) is 22.3 Å². The third kappa shape index (κ3) is 9.57. The quantitative estimate of drug-likeness (QED) is 0.184. The van der Waals surface area contributed by atoms with Crippen molar-refractivity contribution in [2.24, 2.45) is 28.8 Å². The summed E-state index contributed by atoms with van der Waals surface area (Å²) in [7, 11) is 3.80. The topological polar surface area (TPSA) is 164 Å². The van der Waals surface area contributed by atoms with E-state index in [9.17, 15) is 19.5 Å². The van der Waals surface area contributed by atoms with Crippen LogP contribution in [0.4, 0.5) is 4.79 Å². The molecule has 2 N–H and O–H groups in total. The maximum absolute atomic E-state index is 14.5. The summed E-state index contributed by atoms with van der Waals surface area (Å²) in [5.74, 6) is 2.47. The number of hydrogen-bond acceptors (Lipinski definition) is 13. The van der Waals surface area contributed by atoms with Crippen LogP contribution in [0, 0.1) is 35.5 Å². The number of rotatable bonds is 6. The van der Waals surface area contributed by atoms with E-state index >= 15 is 0 Å². The van der Waals surface area contributed by atoms with Crippen molar-refractivity contribution < 1.29 is 52.7 Å². The summed E-state index contributed by atoms with van der Waals surface area (Å²) in [6.07, 6.45) is -4.54. The fourth-order valence-electron chi connectivity index (χ4n) is 8.91. The number of Topliss-reactive ketones (excluding diaryl/α,β-unsaturated/α-hetero) is 1. The van der Waals surface area contributed by atoms with E-state index in [0.29, 0.717) is 18.6 Å². The molecule has 5 rings (SSSR count). The standard InChI is InChI=1S/C42H61N3O11/c1-11-32-42(8)36(43-40(49)56-42)26(4)33(46)24(2)21-41(7)37(55-39-34(47)31(45(9)10)20-25(3)53-39)27(5)35(28(6)38(48)54-32)50-22-30(23-51-41)44-52-19-15-18-29-16-13-12-14-17-29/h12-14,16-17,24-28,31-32,34-37,39,47H,11,19-23H2,1-10H3,(H,43,49)/b44-30+/t24-,25-,26+,27+,28-,31+,32-,34-,35+,36-,37-,39+,41-,42-/m1/s1. The summed E-state index contributed by atoms with van der Waals surface area (Å²) in [4.78, 5) is 49.1. The summed E-state index contributed by atoms with van der Waals surface area (Å²) < 4.78 is 38.6. The van der Waals surface area contributed by atoms with Gasteiger partial charge in [0.2, 0.25) is 0 Å². The number of cyclic esters (lactones) is 1. The predicted octanol–water partition coefficient (Wildman–Crippen LogP) is 4.10. The van der Waals surface area contributed by atoms with Crippen LogP contribution < -0.4 is 5.32 Å². The zero-order valence-corrected chi connectivity index (χ0v) is 34.5. The number of nitrogens with zero attached hydrogens (tertiary/aromatic N) is 2. The molecule has 0 spiro atoms. The van der Waals surface area contributed by atoms with E-state index in [0.717, 1.165) is 5.56 Å². The number of oxime groups is 1. The molecular weight excluding hydrogens is 722 g/mol. The Morgan fingerprint density at radius 2 is 1.75 bits per heavy atom. The number of nitrogens with one attached hydrogen (secondary N) is 1. The lowest BCUT2D eigenvalue weighted by molar-refractivity contribution is -0.302. The molecule has 56 heavy (non-hydrogen) atoms. The summed E-state index contributed by atoms with van der Waals surface area (Å²) in [5.41, 5.74) is -1.33. The maximum Gasteiger partial charge on any atom is 0.408 e. The van der Waals surface area contributed by atoms with E-state index in [1.54, 1.807) is 20.8 Å². The first-order valence-electron chi connectivity index (χ1n) is 19.8. The molecule has 4 aliphatic rings. The third-order valence-electron chi connectivity index (χ3n) is 12.0. The van der Waals surface area contributed by atoms with Gasteiger partial charge in [-0.15, -0.1) is 0 Å². The molecule has 2 bridgehead atoms. The Hall–Kier alpha value is -3.58. The lowest BCUT2D eigenvalue weighted by Gasteiger charge is -2.48. The lowest BCUT2D eigenvalue weighted by atomic mass is 9.73. The van der Waals surface area contributed by atoms with E-state index in [-0.39, 0.29) is 44.2 Å². The molecule has 4 saturated heterocycles. The first kappa shape index (κ1) is 43.5. The van der Waals surface area contributed by atoms with Gasteiger partial charge in [0.25, 0.3) is 0 Å². The van der Waals surface area contributed by atoms with Crippen LogP contribution in [0.1, 0.15) is 80.2 Å². The normalized spacial score (nSPS) is 40.5. The summed E-state index contributed by atoms with van der Waals surface area (Å²) in [6, 6.07) is 8.49. The molecule has 4 fully saturated rings. The highest BCUT2D eigenvalue weighted by atomic mass is 16.7. The van der Waals surface area contributed by atoms with E-state index < -0.39 is 83.7 Å². The van der Waals surface area contributed by atoms with Crippen molar-refractivity contribution in [3.8, 4) is 11.8 Å². The Morgan fingerprint density at radius 1 is 1.04 bits per heavy atom. The number of esters is 1. The molecule has 14 atom stereocenters. The minimum Gasteiger partial charge on any atom is -0.458 e. The minimum atomic E-state index is -1.32. The predicted molar refractivity (Wildman–Crippen MR) is 206 cm³/mol. The molecule has 0 unspecified atom stereocenters. The number of carbonyl (C=O) groups is 3. The van der Waals surface area contributed by atoms with Gasteiger partial charge in [0.1, 0.15) is 23.7 Å². The fourth-order valence-corrected chi connectivity index (χ4v) is 8.91. The van der Waals surface area contributed by atoms with Crippen molar-refractivity contribution in [3.05, 3.63) is 35.9 Å². The lowest BCUT2D eigenvalue weighted by Crippen LogP contribution is -2.60. The molecule has 310 valence electrons. The molecule has 0 radical (unpaired) electrons. The second-order valence-corrected chi connectivity index (χ2v) is 16.6. The van der Waals surface area contributed by atoms with Crippen LogP contribution in [-0.2, 0) is 42.8 Å². The third-order valence-corrected chi connectivity index (χ3v) is 12.0. The summed E-state index contributed by atoms with van der Waals surface area (Å²) >= 11 is 0. The highest BCUT2D eigenvalue weighted by Gasteiger charge is 2.57. The van der Waals surface area contributed by atoms with Crippen LogP contribution in [0.2, 0.25) is 0 Å². The number of likely N-dealkylation sites (N-methyl/N-ethyl adjacent to an activating group) is 1. The van der Waals surface area contributed by atoms with Crippen molar-refractivity contribution >= 4 is 23.6 Å². The number of alkyl carbamates (subject to hydrolysis) is 1. The maximum atomic E-state index is 14.5. The molecule has 14 nitrogen and oxygen atoms in total. The number of hydrogen-bond donors (Lipinski definition) is 2. The van der Waals surface area contributed by atoms with Gasteiger partial charge in [0, 0.05) is 29.4 Å². The number of ketones is 1. The first-order chi connectivity index (χ1) is 26.5. The van der Waals surface area contributed by atoms with Crippen LogP contribution in [-0.4, -0.2) is 128 Å². The second kappa shape index (κ2) is 18.3.